The van der Waals surface area contributed by atoms with Gasteiger partial charge in [-0.25, -0.2) is 0 Å². The van der Waals surface area contributed by atoms with Crippen LogP contribution in [-0.2, 0) is 0 Å². The van der Waals surface area contributed by atoms with E-state index < -0.39 is 15.8 Å². The Balaban J connectivity index is 0.000000148. The maximum atomic E-state index is 10.3. The zero-order valence-corrected chi connectivity index (χ0v) is 30.9. The molecule has 0 saturated carbocycles. The SMILES string of the molecule is [O-]c1ccccc1.[O-]c1ccccc1.c1ccc([PH+](c2ccccc2)c2ccccc2)cc1.c1ccc([PH+](c2ccccc2)c2ccccc2)cc1. The van der Waals surface area contributed by atoms with E-state index >= 15 is 0 Å². The fourth-order valence-electron chi connectivity index (χ4n) is 5.47. The maximum absolute atomic E-state index is 10.3. The van der Waals surface area contributed by atoms with Crippen LogP contribution in [0.15, 0.2) is 243 Å². The van der Waals surface area contributed by atoms with Crippen LogP contribution in [-0.4, -0.2) is 0 Å². The van der Waals surface area contributed by atoms with Crippen molar-refractivity contribution in [1.82, 2.24) is 0 Å². The molecule has 2 nitrogen and oxygen atoms in total. The van der Waals surface area contributed by atoms with Gasteiger partial charge in [-0.1, -0.05) is 170 Å². The summed E-state index contributed by atoms with van der Waals surface area (Å²) in [7, 11) is -1.75. The quantitative estimate of drug-likeness (QED) is 0.165. The van der Waals surface area contributed by atoms with E-state index in [1.54, 1.807) is 24.3 Å². The number of hydrogen-bond donors (Lipinski definition) is 0. The van der Waals surface area contributed by atoms with E-state index in [2.05, 4.69) is 182 Å². The van der Waals surface area contributed by atoms with Gasteiger partial charge in [-0.15, -0.1) is 11.5 Å². The molecule has 0 amide bonds. The molecule has 0 heterocycles. The molecule has 0 fully saturated rings. The van der Waals surface area contributed by atoms with Gasteiger partial charge in [0.25, 0.3) is 0 Å². The van der Waals surface area contributed by atoms with E-state index in [-0.39, 0.29) is 11.5 Å². The van der Waals surface area contributed by atoms with Crippen LogP contribution in [0.5, 0.6) is 11.5 Å². The minimum absolute atomic E-state index is 0.0718. The van der Waals surface area contributed by atoms with E-state index in [9.17, 15) is 10.2 Å². The molecule has 0 atom stereocenters. The highest BCUT2D eigenvalue weighted by atomic mass is 31.1. The van der Waals surface area contributed by atoms with Crippen LogP contribution >= 0.6 is 15.8 Å². The molecule has 8 aromatic carbocycles. The Kier molecular flexibility index (Phi) is 15.5. The summed E-state index contributed by atoms with van der Waals surface area (Å²) in [5, 5.41) is 29.1. The molecule has 0 aromatic heterocycles. The fraction of sp³-hybridized carbons (Fsp3) is 0. The minimum atomic E-state index is -0.877. The second kappa shape index (κ2) is 21.4. The zero-order valence-electron chi connectivity index (χ0n) is 28.9. The molecule has 0 aliphatic carbocycles. The van der Waals surface area contributed by atoms with Crippen LogP contribution in [0, 0.1) is 0 Å². The molecule has 0 saturated heterocycles. The standard InChI is InChI=1S/2C18H15P.2C6H6O/c2*1-4-10-16(11-5-1)19(17-12-6-2-7-13-17)18-14-8-3-9-15-18;2*7-6-4-2-1-3-5-6/h2*1-15H;2*1-5,7H. The average Bonchev–Trinajstić information content (AvgIpc) is 3.22. The third-order valence-electron chi connectivity index (χ3n) is 7.86. The van der Waals surface area contributed by atoms with Gasteiger partial charge in [0.1, 0.15) is 31.8 Å². The van der Waals surface area contributed by atoms with Crippen molar-refractivity contribution in [3.63, 3.8) is 0 Å². The first-order chi connectivity index (χ1) is 25.7. The van der Waals surface area contributed by atoms with Gasteiger partial charge < -0.3 is 10.2 Å². The molecule has 4 heteroatoms. The van der Waals surface area contributed by atoms with Crippen molar-refractivity contribution in [2.45, 2.75) is 0 Å². The summed E-state index contributed by atoms with van der Waals surface area (Å²) in [5.74, 6) is 0.144. The zero-order chi connectivity index (χ0) is 36.1. The Hall–Kier alpha value is -5.78. The van der Waals surface area contributed by atoms with Crippen molar-refractivity contribution in [2.75, 3.05) is 0 Å². The van der Waals surface area contributed by atoms with Gasteiger partial charge in [0.2, 0.25) is 0 Å². The molecule has 52 heavy (non-hydrogen) atoms. The predicted molar refractivity (Wildman–Crippen MR) is 225 cm³/mol. The van der Waals surface area contributed by atoms with E-state index in [1.165, 1.54) is 56.1 Å². The Morgan fingerprint density at radius 1 is 0.192 bits per heavy atom. The number of para-hydroxylation sites is 2. The lowest BCUT2D eigenvalue weighted by Gasteiger charge is -2.10. The molecule has 8 rings (SSSR count). The van der Waals surface area contributed by atoms with Crippen molar-refractivity contribution in [2.24, 2.45) is 0 Å². The fourth-order valence-corrected chi connectivity index (χ4v) is 10.6. The van der Waals surface area contributed by atoms with Crippen molar-refractivity contribution in [1.29, 1.82) is 0 Å². The molecule has 0 unspecified atom stereocenters. The van der Waals surface area contributed by atoms with Gasteiger partial charge in [-0.2, -0.15) is 0 Å². The van der Waals surface area contributed by atoms with Gasteiger partial charge in [-0.3, -0.25) is 0 Å². The lowest BCUT2D eigenvalue weighted by Crippen LogP contribution is -2.20. The lowest BCUT2D eigenvalue weighted by atomic mass is 10.3. The first kappa shape index (κ1) is 37.5. The van der Waals surface area contributed by atoms with Gasteiger partial charge in [-0.05, 0) is 72.8 Å². The Morgan fingerprint density at radius 3 is 0.442 bits per heavy atom. The third-order valence-corrected chi connectivity index (χ3v) is 13.3. The summed E-state index contributed by atoms with van der Waals surface area (Å²) < 4.78 is 0. The summed E-state index contributed by atoms with van der Waals surface area (Å²) in [6.07, 6.45) is 0. The van der Waals surface area contributed by atoms with Crippen LogP contribution in [0.3, 0.4) is 0 Å². The van der Waals surface area contributed by atoms with Gasteiger partial charge in [0, 0.05) is 0 Å². The molecule has 256 valence electrons. The first-order valence-corrected chi connectivity index (χ1v) is 20.2. The largest absolute Gasteiger partial charge is 0.872 e. The minimum Gasteiger partial charge on any atom is -0.872 e. The smallest absolute Gasteiger partial charge is 0.102 e. The van der Waals surface area contributed by atoms with E-state index in [1.807, 2.05) is 12.1 Å². The highest BCUT2D eigenvalue weighted by molar-refractivity contribution is 7.80. The number of rotatable bonds is 6. The van der Waals surface area contributed by atoms with Gasteiger partial charge >= 0.3 is 0 Å². The Labute approximate surface area is 310 Å². The van der Waals surface area contributed by atoms with E-state index in [0.29, 0.717) is 0 Å². The molecule has 0 radical (unpaired) electrons. The Morgan fingerprint density at radius 2 is 0.327 bits per heavy atom. The molecule has 0 aliphatic heterocycles. The van der Waals surface area contributed by atoms with Crippen LogP contribution < -0.4 is 42.0 Å². The van der Waals surface area contributed by atoms with Crippen LogP contribution in [0.1, 0.15) is 0 Å². The number of hydrogen-bond acceptors (Lipinski definition) is 2. The van der Waals surface area contributed by atoms with Gasteiger partial charge in [0.15, 0.2) is 0 Å². The Bertz CT molecular complexity index is 1720. The molecule has 0 bridgehead atoms. The van der Waals surface area contributed by atoms with Crippen LogP contribution in [0.2, 0.25) is 0 Å². The summed E-state index contributed by atoms with van der Waals surface area (Å²) in [5.41, 5.74) is 0. The normalized spacial score (nSPS) is 10.0. The number of benzene rings is 8. The predicted octanol–water partition coefficient (Wildman–Crippen LogP) is 7.87. The molecule has 0 spiro atoms. The average molecular weight is 713 g/mol. The molecule has 0 aliphatic rings. The summed E-state index contributed by atoms with van der Waals surface area (Å²) in [6, 6.07) is 81.6. The topological polar surface area (TPSA) is 46.1 Å². The summed E-state index contributed by atoms with van der Waals surface area (Å²) in [4.78, 5) is 0. The van der Waals surface area contributed by atoms with Gasteiger partial charge in [0.05, 0.1) is 15.8 Å². The molecule has 8 aromatic rings. The van der Waals surface area contributed by atoms with E-state index in [4.69, 9.17) is 0 Å². The van der Waals surface area contributed by atoms with Crippen molar-refractivity contribution in [3.05, 3.63) is 243 Å². The monoisotopic (exact) mass is 712 g/mol. The van der Waals surface area contributed by atoms with E-state index in [0.717, 1.165) is 0 Å². The lowest BCUT2D eigenvalue weighted by molar-refractivity contribution is -0.269. The van der Waals surface area contributed by atoms with Crippen molar-refractivity contribution >= 4 is 47.7 Å². The van der Waals surface area contributed by atoms with Crippen molar-refractivity contribution < 1.29 is 10.2 Å². The second-order valence-corrected chi connectivity index (χ2v) is 16.5. The van der Waals surface area contributed by atoms with Crippen LogP contribution in [0.25, 0.3) is 0 Å². The van der Waals surface area contributed by atoms with Crippen molar-refractivity contribution in [3.8, 4) is 11.5 Å². The summed E-state index contributed by atoms with van der Waals surface area (Å²) in [6.45, 7) is 0. The highest BCUT2D eigenvalue weighted by Gasteiger charge is 2.25. The summed E-state index contributed by atoms with van der Waals surface area (Å²) >= 11 is 0. The first-order valence-electron chi connectivity index (χ1n) is 17.2. The maximum Gasteiger partial charge on any atom is 0.102 e. The molecular weight excluding hydrogens is 670 g/mol. The second-order valence-electron chi connectivity index (χ2n) is 11.6. The highest BCUT2D eigenvalue weighted by Crippen LogP contribution is 2.33. The molecular formula is C48H42O2P2. The third kappa shape index (κ3) is 12.2. The molecule has 0 N–H and O–H groups in total. The van der Waals surface area contributed by atoms with Crippen LogP contribution in [0.4, 0.5) is 0 Å².